The maximum atomic E-state index is 12.2. The summed E-state index contributed by atoms with van der Waals surface area (Å²) in [5.74, 6) is 0. The van der Waals surface area contributed by atoms with E-state index in [2.05, 4.69) is 5.32 Å². The number of benzene rings is 1. The Bertz CT molecular complexity index is 549. The van der Waals surface area contributed by atoms with Gasteiger partial charge >= 0.3 is 6.03 Å². The lowest BCUT2D eigenvalue weighted by Gasteiger charge is -2.32. The summed E-state index contributed by atoms with van der Waals surface area (Å²) in [4.78, 5) is 13.9. The smallest absolute Gasteiger partial charge is 0.317 e. The van der Waals surface area contributed by atoms with Crippen LogP contribution in [-0.2, 0) is 5.41 Å². The van der Waals surface area contributed by atoms with Gasteiger partial charge in [0.15, 0.2) is 0 Å². The van der Waals surface area contributed by atoms with E-state index in [1.54, 1.807) is 11.0 Å². The number of carbonyl (C=O) groups excluding carboxylic acids is 1. The van der Waals surface area contributed by atoms with E-state index in [1.807, 2.05) is 26.0 Å². The molecule has 22 heavy (non-hydrogen) atoms. The van der Waals surface area contributed by atoms with Crippen molar-refractivity contribution in [3.8, 4) is 0 Å². The van der Waals surface area contributed by atoms with Crippen LogP contribution in [0.1, 0.15) is 32.3 Å². The molecule has 4 nitrogen and oxygen atoms in total. The monoisotopic (exact) mass is 344 g/mol. The van der Waals surface area contributed by atoms with Gasteiger partial charge in [0.2, 0.25) is 0 Å². The van der Waals surface area contributed by atoms with Crippen molar-refractivity contribution in [3.05, 3.63) is 33.8 Å². The second-order valence-electron chi connectivity index (χ2n) is 6.41. The predicted molar refractivity (Wildman–Crippen MR) is 89.7 cm³/mol. The third kappa shape index (κ3) is 4.28. The molecule has 0 aliphatic carbocycles. The van der Waals surface area contributed by atoms with E-state index in [0.717, 1.165) is 18.4 Å². The number of β-amino-alcohol motifs (C(OH)–C–C–N with tert-alkyl or cyclic N) is 1. The van der Waals surface area contributed by atoms with E-state index in [-0.39, 0.29) is 11.4 Å². The van der Waals surface area contributed by atoms with E-state index in [4.69, 9.17) is 23.2 Å². The zero-order valence-corrected chi connectivity index (χ0v) is 14.4. The summed E-state index contributed by atoms with van der Waals surface area (Å²) in [6.45, 7) is 5.65. The zero-order chi connectivity index (χ0) is 16.3. The lowest BCUT2D eigenvalue weighted by molar-refractivity contribution is 0.0839. The van der Waals surface area contributed by atoms with Gasteiger partial charge in [-0.2, -0.15) is 0 Å². The fraction of sp³-hybridized carbons (Fsp3) is 0.562. The number of nitrogens with one attached hydrogen (secondary N) is 1. The molecule has 1 heterocycles. The predicted octanol–water partition coefficient (Wildman–Crippen LogP) is 3.44. The molecular formula is C16H22Cl2N2O2. The van der Waals surface area contributed by atoms with Crippen LogP contribution < -0.4 is 5.32 Å². The lowest BCUT2D eigenvalue weighted by Crippen LogP contribution is -2.49. The lowest BCUT2D eigenvalue weighted by atomic mass is 9.84. The van der Waals surface area contributed by atoms with Crippen molar-refractivity contribution in [3.63, 3.8) is 0 Å². The largest absolute Gasteiger partial charge is 0.391 e. The average molecular weight is 345 g/mol. The molecular weight excluding hydrogens is 323 g/mol. The number of piperidine rings is 1. The molecule has 2 amide bonds. The van der Waals surface area contributed by atoms with Crippen molar-refractivity contribution in [2.75, 3.05) is 19.6 Å². The third-order valence-electron chi connectivity index (χ3n) is 4.07. The van der Waals surface area contributed by atoms with Gasteiger partial charge in [0.1, 0.15) is 0 Å². The highest BCUT2D eigenvalue weighted by Gasteiger charge is 2.26. The minimum Gasteiger partial charge on any atom is -0.391 e. The first-order valence-corrected chi connectivity index (χ1v) is 8.21. The number of urea groups is 1. The maximum Gasteiger partial charge on any atom is 0.317 e. The summed E-state index contributed by atoms with van der Waals surface area (Å²) < 4.78 is 0. The van der Waals surface area contributed by atoms with E-state index >= 15 is 0 Å². The van der Waals surface area contributed by atoms with Gasteiger partial charge in [0, 0.05) is 25.0 Å². The van der Waals surface area contributed by atoms with Crippen LogP contribution in [0.5, 0.6) is 0 Å². The molecule has 0 radical (unpaired) electrons. The normalized spacial score (nSPS) is 19.1. The molecule has 0 spiro atoms. The molecule has 6 heteroatoms. The Morgan fingerprint density at radius 3 is 2.77 bits per heavy atom. The number of likely N-dealkylation sites (tertiary alicyclic amines) is 1. The fourth-order valence-electron chi connectivity index (χ4n) is 2.57. The number of halogens is 2. The molecule has 2 N–H and O–H groups in total. The summed E-state index contributed by atoms with van der Waals surface area (Å²) in [6.07, 6.45) is 1.19. The zero-order valence-electron chi connectivity index (χ0n) is 12.9. The first-order chi connectivity index (χ1) is 10.3. The molecule has 2 rings (SSSR count). The Balaban J connectivity index is 1.96. The number of hydrogen-bond donors (Lipinski definition) is 2. The molecule has 0 aromatic heterocycles. The Hall–Kier alpha value is -0.970. The Kier molecular flexibility index (Phi) is 5.59. The van der Waals surface area contributed by atoms with Gasteiger partial charge in [0.25, 0.3) is 0 Å². The summed E-state index contributed by atoms with van der Waals surface area (Å²) >= 11 is 12.0. The van der Waals surface area contributed by atoms with Crippen molar-refractivity contribution < 1.29 is 9.90 Å². The molecule has 1 unspecified atom stereocenters. The summed E-state index contributed by atoms with van der Waals surface area (Å²) in [7, 11) is 0. The molecule has 122 valence electrons. The number of carbonyl (C=O) groups is 1. The number of nitrogens with zero attached hydrogens (tertiary/aromatic N) is 1. The van der Waals surface area contributed by atoms with Crippen LogP contribution in [0.3, 0.4) is 0 Å². The number of rotatable bonds is 3. The quantitative estimate of drug-likeness (QED) is 0.882. The topological polar surface area (TPSA) is 52.6 Å². The number of amides is 2. The molecule has 1 saturated heterocycles. The summed E-state index contributed by atoms with van der Waals surface area (Å²) in [5, 5.41) is 13.6. The van der Waals surface area contributed by atoms with Crippen LogP contribution >= 0.6 is 23.2 Å². The van der Waals surface area contributed by atoms with Gasteiger partial charge in [-0.3, -0.25) is 0 Å². The number of hydrogen-bond acceptors (Lipinski definition) is 2. The highest BCUT2D eigenvalue weighted by Crippen LogP contribution is 2.29. The van der Waals surface area contributed by atoms with E-state index in [0.29, 0.717) is 29.7 Å². The van der Waals surface area contributed by atoms with Crippen molar-refractivity contribution >= 4 is 29.2 Å². The van der Waals surface area contributed by atoms with Crippen LogP contribution in [0.4, 0.5) is 4.79 Å². The molecule has 1 atom stereocenters. The van der Waals surface area contributed by atoms with E-state index in [9.17, 15) is 9.90 Å². The fourth-order valence-corrected chi connectivity index (χ4v) is 2.86. The minimum atomic E-state index is -0.414. The second kappa shape index (κ2) is 7.07. The van der Waals surface area contributed by atoms with Gasteiger partial charge < -0.3 is 15.3 Å². The van der Waals surface area contributed by atoms with Crippen molar-refractivity contribution in [2.24, 2.45) is 0 Å². The van der Waals surface area contributed by atoms with Gasteiger partial charge in [-0.05, 0) is 30.5 Å². The van der Waals surface area contributed by atoms with Crippen LogP contribution in [0.15, 0.2) is 18.2 Å². The first kappa shape index (κ1) is 17.4. The van der Waals surface area contributed by atoms with Gasteiger partial charge in [0.05, 0.1) is 16.1 Å². The number of aliphatic hydroxyl groups excluding tert-OH is 1. The Morgan fingerprint density at radius 2 is 2.14 bits per heavy atom. The van der Waals surface area contributed by atoms with Gasteiger partial charge in [-0.25, -0.2) is 4.79 Å². The minimum absolute atomic E-state index is 0.133. The highest BCUT2D eigenvalue weighted by atomic mass is 35.5. The standard InChI is InChI=1S/C16H22Cl2N2O2/c1-16(2,11-5-6-13(17)14(18)8-11)10-19-15(22)20-7-3-4-12(21)9-20/h5-6,8,12,21H,3-4,7,9-10H2,1-2H3,(H,19,22). The molecule has 0 bridgehead atoms. The number of aliphatic hydroxyl groups is 1. The van der Waals surface area contributed by atoms with E-state index in [1.165, 1.54) is 0 Å². The Labute approximate surface area is 141 Å². The Morgan fingerprint density at radius 1 is 1.41 bits per heavy atom. The SMILES string of the molecule is CC(C)(CNC(=O)N1CCCC(O)C1)c1ccc(Cl)c(Cl)c1. The molecule has 1 aromatic carbocycles. The summed E-state index contributed by atoms with van der Waals surface area (Å²) in [6, 6.07) is 5.39. The summed E-state index contributed by atoms with van der Waals surface area (Å²) in [5.41, 5.74) is 0.749. The van der Waals surface area contributed by atoms with Gasteiger partial charge in [-0.1, -0.05) is 43.1 Å². The van der Waals surface area contributed by atoms with Crippen molar-refractivity contribution in [1.82, 2.24) is 10.2 Å². The molecule has 1 aliphatic heterocycles. The maximum absolute atomic E-state index is 12.2. The molecule has 0 saturated carbocycles. The second-order valence-corrected chi connectivity index (χ2v) is 7.23. The van der Waals surface area contributed by atoms with Crippen LogP contribution in [0.2, 0.25) is 10.0 Å². The molecule has 1 fully saturated rings. The highest BCUT2D eigenvalue weighted by molar-refractivity contribution is 6.42. The third-order valence-corrected chi connectivity index (χ3v) is 4.81. The van der Waals surface area contributed by atoms with Crippen molar-refractivity contribution in [1.29, 1.82) is 0 Å². The van der Waals surface area contributed by atoms with Crippen molar-refractivity contribution in [2.45, 2.75) is 38.2 Å². The average Bonchev–Trinajstić information content (AvgIpc) is 2.47. The van der Waals surface area contributed by atoms with E-state index < -0.39 is 6.10 Å². The molecule has 1 aromatic rings. The van der Waals surface area contributed by atoms with Crippen LogP contribution in [0, 0.1) is 0 Å². The molecule has 1 aliphatic rings. The van der Waals surface area contributed by atoms with Crippen LogP contribution in [0.25, 0.3) is 0 Å². The van der Waals surface area contributed by atoms with Gasteiger partial charge in [-0.15, -0.1) is 0 Å². The first-order valence-electron chi connectivity index (χ1n) is 7.46. The van der Waals surface area contributed by atoms with Crippen LogP contribution in [-0.4, -0.2) is 41.8 Å².